The predicted molar refractivity (Wildman–Crippen MR) is 108 cm³/mol. The molecule has 1 aromatic heterocycles. The molecule has 26 heavy (non-hydrogen) atoms. The van der Waals surface area contributed by atoms with Crippen molar-refractivity contribution in [2.45, 2.75) is 31.2 Å². The average Bonchev–Trinajstić information content (AvgIpc) is 2.66. The third-order valence-corrected chi connectivity index (χ3v) is 5.24. The highest BCUT2D eigenvalue weighted by Gasteiger charge is 2.07. The van der Waals surface area contributed by atoms with Crippen molar-refractivity contribution in [3.63, 3.8) is 0 Å². The molecule has 0 aliphatic heterocycles. The van der Waals surface area contributed by atoms with E-state index < -0.39 is 0 Å². The lowest BCUT2D eigenvalue weighted by Crippen LogP contribution is -2.27. The van der Waals surface area contributed by atoms with E-state index in [1.807, 2.05) is 24.3 Å². The number of hydrogen-bond donors (Lipinski definition) is 1. The Labute approximate surface area is 158 Å². The molecule has 0 saturated heterocycles. The number of aromatic nitrogens is 2. The van der Waals surface area contributed by atoms with E-state index >= 15 is 0 Å². The van der Waals surface area contributed by atoms with Crippen LogP contribution in [0.2, 0.25) is 0 Å². The molecule has 0 aliphatic carbocycles. The van der Waals surface area contributed by atoms with Gasteiger partial charge in [-0.25, -0.2) is 0 Å². The zero-order chi connectivity index (χ0) is 18.4. The normalized spacial score (nSPS) is 11.0. The summed E-state index contributed by atoms with van der Waals surface area (Å²) in [6, 6.07) is 16.6. The first-order valence-corrected chi connectivity index (χ1v) is 9.81. The van der Waals surface area contributed by atoms with Gasteiger partial charge in [-0.15, -0.1) is 5.10 Å². The second kappa shape index (κ2) is 8.81. The largest absolute Gasteiger partial charge is 0.355 e. The molecule has 0 saturated carbocycles. The monoisotopic (exact) mass is 365 g/mol. The minimum atomic E-state index is 0.0172. The minimum absolute atomic E-state index is 0.0172. The van der Waals surface area contributed by atoms with Crippen LogP contribution < -0.4 is 5.32 Å². The molecule has 3 rings (SSSR count). The van der Waals surface area contributed by atoms with Crippen molar-refractivity contribution in [1.29, 1.82) is 0 Å². The van der Waals surface area contributed by atoms with Crippen molar-refractivity contribution in [2.24, 2.45) is 0 Å². The highest BCUT2D eigenvalue weighted by atomic mass is 32.2. The van der Waals surface area contributed by atoms with Crippen molar-refractivity contribution in [3.8, 4) is 0 Å². The maximum absolute atomic E-state index is 12.1. The van der Waals surface area contributed by atoms with Gasteiger partial charge < -0.3 is 5.32 Å². The first kappa shape index (κ1) is 18.4. The summed E-state index contributed by atoms with van der Waals surface area (Å²) in [6.45, 7) is 5.02. The van der Waals surface area contributed by atoms with E-state index in [1.165, 1.54) is 22.9 Å². The lowest BCUT2D eigenvalue weighted by molar-refractivity contribution is -0.118. The Balaban J connectivity index is 1.47. The summed E-state index contributed by atoms with van der Waals surface area (Å²) in [6.07, 6.45) is 2.58. The van der Waals surface area contributed by atoms with Crippen molar-refractivity contribution in [3.05, 3.63) is 65.9 Å². The van der Waals surface area contributed by atoms with Gasteiger partial charge in [-0.2, -0.15) is 5.10 Å². The van der Waals surface area contributed by atoms with Gasteiger partial charge in [0.1, 0.15) is 5.03 Å². The lowest BCUT2D eigenvalue weighted by atomic mass is 10.0. The van der Waals surface area contributed by atoms with Crippen molar-refractivity contribution >= 4 is 28.4 Å². The Kier molecular flexibility index (Phi) is 6.23. The van der Waals surface area contributed by atoms with Gasteiger partial charge in [0.05, 0.1) is 11.9 Å². The summed E-state index contributed by atoms with van der Waals surface area (Å²) in [5.74, 6) is 0.899. The van der Waals surface area contributed by atoms with E-state index in [-0.39, 0.29) is 5.91 Å². The summed E-state index contributed by atoms with van der Waals surface area (Å²) in [4.78, 5) is 12.1. The molecule has 1 heterocycles. The maximum Gasteiger partial charge on any atom is 0.230 e. The third-order valence-electron chi connectivity index (χ3n) is 4.26. The molecule has 2 aromatic carbocycles. The number of hydrogen-bond acceptors (Lipinski definition) is 4. The molecule has 0 unspecified atom stereocenters. The number of nitrogens with zero attached hydrogens (tertiary/aromatic N) is 2. The SMILES string of the molecule is CC(C)c1ccc(CCNC(=O)CSc2nncc3ccccc23)cc1. The molecule has 0 aliphatic rings. The Morgan fingerprint density at radius 3 is 2.65 bits per heavy atom. The number of nitrogens with one attached hydrogen (secondary N) is 1. The van der Waals surface area contributed by atoms with Crippen LogP contribution in [0.15, 0.2) is 59.8 Å². The molecule has 0 fully saturated rings. The smallest absolute Gasteiger partial charge is 0.230 e. The van der Waals surface area contributed by atoms with Crippen LogP contribution in [0.4, 0.5) is 0 Å². The van der Waals surface area contributed by atoms with Crippen LogP contribution in [0.3, 0.4) is 0 Å². The molecule has 0 spiro atoms. The number of benzene rings is 2. The fourth-order valence-electron chi connectivity index (χ4n) is 2.71. The zero-order valence-corrected chi connectivity index (χ0v) is 15.9. The van der Waals surface area contributed by atoms with Gasteiger partial charge in [-0.05, 0) is 23.5 Å². The van der Waals surface area contributed by atoms with Gasteiger partial charge in [-0.1, -0.05) is 74.1 Å². The molecule has 1 amide bonds. The molecule has 4 nitrogen and oxygen atoms in total. The molecule has 0 bridgehead atoms. The Bertz CT molecular complexity index is 873. The molecule has 1 N–H and O–H groups in total. The Morgan fingerprint density at radius 1 is 1.12 bits per heavy atom. The van der Waals surface area contributed by atoms with Gasteiger partial charge >= 0.3 is 0 Å². The van der Waals surface area contributed by atoms with E-state index in [0.717, 1.165) is 22.2 Å². The Hall–Kier alpha value is -2.40. The van der Waals surface area contributed by atoms with E-state index in [4.69, 9.17) is 0 Å². The van der Waals surface area contributed by atoms with Crippen LogP contribution in [-0.2, 0) is 11.2 Å². The number of carbonyl (C=O) groups excluding carboxylic acids is 1. The van der Waals surface area contributed by atoms with Gasteiger partial charge in [0.15, 0.2) is 0 Å². The number of rotatable bonds is 7. The molecular formula is C21H23N3OS. The van der Waals surface area contributed by atoms with E-state index in [0.29, 0.717) is 18.2 Å². The molecule has 0 atom stereocenters. The number of amides is 1. The average molecular weight is 366 g/mol. The van der Waals surface area contributed by atoms with E-state index in [2.05, 4.69) is 53.6 Å². The summed E-state index contributed by atoms with van der Waals surface area (Å²) >= 11 is 1.42. The molecule has 0 radical (unpaired) electrons. The topological polar surface area (TPSA) is 54.9 Å². The third kappa shape index (κ3) is 4.82. The number of fused-ring (bicyclic) bond motifs is 1. The maximum atomic E-state index is 12.1. The summed E-state index contributed by atoms with van der Waals surface area (Å²) in [5.41, 5.74) is 2.58. The Morgan fingerprint density at radius 2 is 1.88 bits per heavy atom. The van der Waals surface area contributed by atoms with Crippen molar-refractivity contribution in [1.82, 2.24) is 15.5 Å². The summed E-state index contributed by atoms with van der Waals surface area (Å²) < 4.78 is 0. The van der Waals surface area contributed by atoms with Crippen LogP contribution in [0, 0.1) is 0 Å². The molecule has 5 heteroatoms. The lowest BCUT2D eigenvalue weighted by Gasteiger charge is -2.08. The van der Waals surface area contributed by atoms with Gasteiger partial charge in [0.2, 0.25) is 5.91 Å². The highest BCUT2D eigenvalue weighted by Crippen LogP contribution is 2.24. The standard InChI is InChI=1S/C21H23N3OS/c1-15(2)17-9-7-16(8-10-17)11-12-22-20(25)14-26-21-19-6-4-3-5-18(19)13-23-24-21/h3-10,13,15H,11-12,14H2,1-2H3,(H,22,25). The zero-order valence-electron chi connectivity index (χ0n) is 15.1. The molecule has 3 aromatic rings. The summed E-state index contributed by atoms with van der Waals surface area (Å²) in [7, 11) is 0. The first-order chi connectivity index (χ1) is 12.6. The van der Waals surface area contributed by atoms with Gasteiger partial charge in [0.25, 0.3) is 0 Å². The number of thioether (sulfide) groups is 1. The minimum Gasteiger partial charge on any atom is -0.355 e. The second-order valence-electron chi connectivity index (χ2n) is 6.52. The fourth-order valence-corrected chi connectivity index (χ4v) is 3.52. The molecular weight excluding hydrogens is 342 g/mol. The van der Waals surface area contributed by atoms with Crippen molar-refractivity contribution < 1.29 is 4.79 Å². The fraction of sp³-hybridized carbons (Fsp3) is 0.286. The second-order valence-corrected chi connectivity index (χ2v) is 7.49. The van der Waals surface area contributed by atoms with Crippen LogP contribution in [0.25, 0.3) is 10.8 Å². The van der Waals surface area contributed by atoms with E-state index in [9.17, 15) is 4.79 Å². The highest BCUT2D eigenvalue weighted by molar-refractivity contribution is 8.00. The van der Waals surface area contributed by atoms with Crippen LogP contribution in [-0.4, -0.2) is 28.4 Å². The first-order valence-electron chi connectivity index (χ1n) is 8.82. The van der Waals surface area contributed by atoms with Crippen molar-refractivity contribution in [2.75, 3.05) is 12.3 Å². The quantitative estimate of drug-likeness (QED) is 0.638. The summed E-state index contributed by atoms with van der Waals surface area (Å²) in [5, 5.41) is 14.0. The number of carbonyl (C=O) groups is 1. The van der Waals surface area contributed by atoms with Crippen LogP contribution in [0.5, 0.6) is 0 Å². The van der Waals surface area contributed by atoms with Gasteiger partial charge in [-0.3, -0.25) is 4.79 Å². The van der Waals surface area contributed by atoms with Crippen LogP contribution in [0.1, 0.15) is 30.9 Å². The predicted octanol–water partition coefficient (Wildman–Crippen LogP) is 4.20. The van der Waals surface area contributed by atoms with Crippen LogP contribution >= 0.6 is 11.8 Å². The van der Waals surface area contributed by atoms with E-state index in [1.54, 1.807) is 6.20 Å². The van der Waals surface area contributed by atoms with Gasteiger partial charge in [0, 0.05) is 17.3 Å². The molecule has 134 valence electrons.